The van der Waals surface area contributed by atoms with Crippen LogP contribution >= 0.6 is 11.8 Å². The van der Waals surface area contributed by atoms with Gasteiger partial charge in [0.15, 0.2) is 0 Å². The molecule has 0 radical (unpaired) electrons. The first-order valence-electron chi connectivity index (χ1n) is 4.05. The molecule has 0 aromatic heterocycles. The van der Waals surface area contributed by atoms with Gasteiger partial charge in [-0.25, -0.2) is 0 Å². The van der Waals surface area contributed by atoms with Crippen LogP contribution in [0.4, 0.5) is 0 Å². The predicted molar refractivity (Wildman–Crippen MR) is 50.5 cm³/mol. The zero-order valence-electron chi connectivity index (χ0n) is 7.10. The van der Waals surface area contributed by atoms with Crippen molar-refractivity contribution in [2.24, 2.45) is 5.73 Å². The lowest BCUT2D eigenvalue weighted by Crippen LogP contribution is -2.19. The zero-order chi connectivity index (χ0) is 7.82. The molecule has 0 saturated carbocycles. The number of nitrogens with two attached hydrogens (primary N) is 1. The van der Waals surface area contributed by atoms with Gasteiger partial charge in [0, 0.05) is 6.04 Å². The summed E-state index contributed by atoms with van der Waals surface area (Å²) in [5.74, 6) is 1.26. The fourth-order valence-electron chi connectivity index (χ4n) is 1.00. The molecule has 2 heteroatoms. The molecule has 0 bridgehead atoms. The Balaban J connectivity index is 2.97. The molecule has 1 nitrogen and oxygen atoms in total. The molecule has 0 heterocycles. The summed E-state index contributed by atoms with van der Waals surface area (Å²) >= 11 is 1.91. The highest BCUT2D eigenvalue weighted by molar-refractivity contribution is 7.98. The second kappa shape index (κ2) is 7.42. The van der Waals surface area contributed by atoms with Crippen LogP contribution in [0.5, 0.6) is 0 Å². The summed E-state index contributed by atoms with van der Waals surface area (Å²) in [7, 11) is 0. The molecule has 0 fully saturated rings. The maximum atomic E-state index is 5.82. The molecular weight excluding hydrogens is 142 g/mol. The van der Waals surface area contributed by atoms with E-state index in [1.807, 2.05) is 11.8 Å². The van der Waals surface area contributed by atoms with Gasteiger partial charge in [-0.05, 0) is 31.3 Å². The van der Waals surface area contributed by atoms with Gasteiger partial charge >= 0.3 is 0 Å². The summed E-state index contributed by atoms with van der Waals surface area (Å²) in [5.41, 5.74) is 5.82. The van der Waals surface area contributed by atoms with Crippen LogP contribution in [0.3, 0.4) is 0 Å². The topological polar surface area (TPSA) is 26.0 Å². The molecule has 0 saturated heterocycles. The lowest BCUT2D eigenvalue weighted by Gasteiger charge is -2.08. The van der Waals surface area contributed by atoms with E-state index in [0.29, 0.717) is 6.04 Å². The maximum absolute atomic E-state index is 5.82. The summed E-state index contributed by atoms with van der Waals surface area (Å²) in [5, 5.41) is 0. The van der Waals surface area contributed by atoms with Gasteiger partial charge in [0.2, 0.25) is 0 Å². The Morgan fingerprint density at radius 3 is 2.60 bits per heavy atom. The Morgan fingerprint density at radius 1 is 1.40 bits per heavy atom. The molecule has 0 rings (SSSR count). The minimum Gasteiger partial charge on any atom is -0.328 e. The molecule has 0 aromatic rings. The van der Waals surface area contributed by atoms with Crippen LogP contribution < -0.4 is 5.73 Å². The van der Waals surface area contributed by atoms with Crippen molar-refractivity contribution in [2.75, 3.05) is 12.0 Å². The fraction of sp³-hybridized carbons (Fsp3) is 1.00. The van der Waals surface area contributed by atoms with E-state index in [4.69, 9.17) is 5.73 Å². The smallest absolute Gasteiger partial charge is 0.00390 e. The van der Waals surface area contributed by atoms with Gasteiger partial charge in [0.05, 0.1) is 0 Å². The van der Waals surface area contributed by atoms with E-state index in [0.717, 1.165) is 0 Å². The van der Waals surface area contributed by atoms with Crippen LogP contribution in [-0.2, 0) is 0 Å². The number of hydrogen-bond acceptors (Lipinski definition) is 2. The van der Waals surface area contributed by atoms with Gasteiger partial charge < -0.3 is 5.73 Å². The van der Waals surface area contributed by atoms with Crippen molar-refractivity contribution in [3.05, 3.63) is 0 Å². The van der Waals surface area contributed by atoms with E-state index in [1.54, 1.807) is 0 Å². The molecule has 10 heavy (non-hydrogen) atoms. The molecule has 0 aliphatic carbocycles. The highest BCUT2D eigenvalue weighted by Crippen LogP contribution is 2.05. The second-order valence-electron chi connectivity index (χ2n) is 2.68. The van der Waals surface area contributed by atoms with Crippen molar-refractivity contribution in [3.63, 3.8) is 0 Å². The standard InChI is InChI=1S/C8H19NS/c1-3-5-8(9)6-4-7-10-2/h8H,3-7,9H2,1-2H3. The van der Waals surface area contributed by atoms with Gasteiger partial charge in [-0.3, -0.25) is 0 Å². The SMILES string of the molecule is CCCC(N)CCCSC. The fourth-order valence-corrected chi connectivity index (χ4v) is 1.46. The minimum atomic E-state index is 0.456. The minimum absolute atomic E-state index is 0.456. The van der Waals surface area contributed by atoms with Crippen LogP contribution in [0.1, 0.15) is 32.6 Å². The van der Waals surface area contributed by atoms with Gasteiger partial charge in [0.25, 0.3) is 0 Å². The third-order valence-corrected chi connectivity index (χ3v) is 2.28. The van der Waals surface area contributed by atoms with Crippen molar-refractivity contribution in [1.29, 1.82) is 0 Å². The molecule has 0 aliphatic heterocycles. The normalized spacial score (nSPS) is 13.5. The van der Waals surface area contributed by atoms with Gasteiger partial charge in [0.1, 0.15) is 0 Å². The average Bonchev–Trinajstić information content (AvgIpc) is 1.89. The van der Waals surface area contributed by atoms with Crippen molar-refractivity contribution in [2.45, 2.75) is 38.6 Å². The number of hydrogen-bond donors (Lipinski definition) is 1. The quantitative estimate of drug-likeness (QED) is 0.605. The molecule has 1 atom stereocenters. The summed E-state index contributed by atoms with van der Waals surface area (Å²) in [4.78, 5) is 0. The molecule has 0 amide bonds. The Hall–Kier alpha value is 0.310. The van der Waals surface area contributed by atoms with Crippen molar-refractivity contribution in [3.8, 4) is 0 Å². The lowest BCUT2D eigenvalue weighted by molar-refractivity contribution is 0.556. The lowest BCUT2D eigenvalue weighted by atomic mass is 10.1. The van der Waals surface area contributed by atoms with Crippen LogP contribution in [0.25, 0.3) is 0 Å². The van der Waals surface area contributed by atoms with Crippen LogP contribution in [-0.4, -0.2) is 18.1 Å². The summed E-state index contributed by atoms with van der Waals surface area (Å²) < 4.78 is 0. The Bertz CT molecular complexity index is 66.3. The maximum Gasteiger partial charge on any atom is 0.00390 e. The van der Waals surface area contributed by atoms with E-state index in [-0.39, 0.29) is 0 Å². The molecule has 2 N–H and O–H groups in total. The van der Waals surface area contributed by atoms with Crippen LogP contribution in [0.2, 0.25) is 0 Å². The van der Waals surface area contributed by atoms with E-state index in [9.17, 15) is 0 Å². The number of thioether (sulfide) groups is 1. The first kappa shape index (κ1) is 10.3. The molecular formula is C8H19NS. The Morgan fingerprint density at radius 2 is 2.10 bits per heavy atom. The predicted octanol–water partition coefficient (Wildman–Crippen LogP) is 2.26. The molecule has 0 aromatic carbocycles. The average molecular weight is 161 g/mol. The van der Waals surface area contributed by atoms with Crippen molar-refractivity contribution >= 4 is 11.8 Å². The molecule has 0 aliphatic rings. The highest BCUT2D eigenvalue weighted by atomic mass is 32.2. The third kappa shape index (κ3) is 6.43. The largest absolute Gasteiger partial charge is 0.328 e. The van der Waals surface area contributed by atoms with Gasteiger partial charge in [-0.2, -0.15) is 11.8 Å². The van der Waals surface area contributed by atoms with E-state index in [2.05, 4.69) is 13.2 Å². The van der Waals surface area contributed by atoms with E-state index in [1.165, 1.54) is 31.4 Å². The third-order valence-electron chi connectivity index (χ3n) is 1.58. The van der Waals surface area contributed by atoms with Gasteiger partial charge in [-0.15, -0.1) is 0 Å². The monoisotopic (exact) mass is 161 g/mol. The first-order chi connectivity index (χ1) is 4.81. The highest BCUT2D eigenvalue weighted by Gasteiger charge is 1.98. The van der Waals surface area contributed by atoms with Crippen LogP contribution in [0.15, 0.2) is 0 Å². The van der Waals surface area contributed by atoms with E-state index >= 15 is 0 Å². The Labute approximate surface area is 68.8 Å². The summed E-state index contributed by atoms with van der Waals surface area (Å²) in [6.07, 6.45) is 7.04. The summed E-state index contributed by atoms with van der Waals surface area (Å²) in [6, 6.07) is 0.456. The first-order valence-corrected chi connectivity index (χ1v) is 5.45. The van der Waals surface area contributed by atoms with Gasteiger partial charge in [-0.1, -0.05) is 13.3 Å². The van der Waals surface area contributed by atoms with Crippen LogP contribution in [0, 0.1) is 0 Å². The Kier molecular flexibility index (Phi) is 7.65. The molecule has 1 unspecified atom stereocenters. The van der Waals surface area contributed by atoms with E-state index < -0.39 is 0 Å². The van der Waals surface area contributed by atoms with Crippen molar-refractivity contribution < 1.29 is 0 Å². The molecule has 0 spiro atoms. The zero-order valence-corrected chi connectivity index (χ0v) is 7.91. The molecule has 62 valence electrons. The summed E-state index contributed by atoms with van der Waals surface area (Å²) in [6.45, 7) is 2.19. The second-order valence-corrected chi connectivity index (χ2v) is 3.67. The van der Waals surface area contributed by atoms with Crippen molar-refractivity contribution in [1.82, 2.24) is 0 Å². The number of rotatable bonds is 6.